The van der Waals surface area contributed by atoms with Gasteiger partial charge in [-0.1, -0.05) is 30.3 Å². The van der Waals surface area contributed by atoms with Crippen molar-refractivity contribution in [1.29, 1.82) is 0 Å². The average Bonchev–Trinajstić information content (AvgIpc) is 3.05. The van der Waals surface area contributed by atoms with Crippen LogP contribution in [0.25, 0.3) is 0 Å². The molecule has 1 N–H and O–H groups in total. The quantitative estimate of drug-likeness (QED) is 0.891. The highest BCUT2D eigenvalue weighted by Gasteiger charge is 2.31. The Morgan fingerprint density at radius 3 is 2.54 bits per heavy atom. The van der Waals surface area contributed by atoms with E-state index in [4.69, 9.17) is 0 Å². The molecule has 3 nitrogen and oxygen atoms in total. The van der Waals surface area contributed by atoms with Crippen LogP contribution in [-0.4, -0.2) is 29.0 Å². The molecule has 0 bridgehead atoms. The van der Waals surface area contributed by atoms with E-state index in [9.17, 15) is 23.1 Å². The summed E-state index contributed by atoms with van der Waals surface area (Å²) in [5, 5.41) is 9.32. The molecule has 6 heteroatoms. The topological polar surface area (TPSA) is 40.5 Å². The van der Waals surface area contributed by atoms with Gasteiger partial charge in [0.25, 0.3) is 0 Å². The minimum atomic E-state index is -4.40. The largest absolute Gasteiger partial charge is 0.508 e. The zero-order chi connectivity index (χ0) is 18.7. The number of hydrogen-bond acceptors (Lipinski definition) is 2. The van der Waals surface area contributed by atoms with Crippen molar-refractivity contribution in [3.63, 3.8) is 0 Å². The first-order valence-electron chi connectivity index (χ1n) is 8.53. The number of phenolic OH excluding ortho intramolecular Hbond substituents is 1. The molecule has 3 rings (SSSR count). The first-order valence-corrected chi connectivity index (χ1v) is 8.53. The number of hydrogen-bond donors (Lipinski definition) is 1. The van der Waals surface area contributed by atoms with E-state index in [1.165, 1.54) is 6.07 Å². The number of likely N-dealkylation sites (tertiary alicyclic amines) is 1. The van der Waals surface area contributed by atoms with Crippen LogP contribution in [0.4, 0.5) is 13.2 Å². The summed E-state index contributed by atoms with van der Waals surface area (Å²) in [6, 6.07) is 12.0. The second-order valence-corrected chi connectivity index (χ2v) is 6.74. The molecule has 1 atom stereocenters. The third-order valence-electron chi connectivity index (χ3n) is 4.71. The molecule has 0 aromatic heterocycles. The van der Waals surface area contributed by atoms with Gasteiger partial charge < -0.3 is 10.0 Å². The van der Waals surface area contributed by atoms with Crippen LogP contribution in [-0.2, 0) is 23.8 Å². The number of rotatable bonds is 4. The monoisotopic (exact) mass is 363 g/mol. The minimum Gasteiger partial charge on any atom is -0.508 e. The molecular weight excluding hydrogens is 343 g/mol. The predicted octanol–water partition coefficient (Wildman–Crippen LogP) is 4.04. The van der Waals surface area contributed by atoms with Crippen LogP contribution >= 0.6 is 0 Å². The van der Waals surface area contributed by atoms with E-state index < -0.39 is 11.7 Å². The number of aromatic hydroxyl groups is 1. The van der Waals surface area contributed by atoms with Crippen LogP contribution in [0.2, 0.25) is 0 Å². The molecule has 0 radical (unpaired) electrons. The van der Waals surface area contributed by atoms with E-state index in [0.717, 1.165) is 30.5 Å². The maximum absolute atomic E-state index is 12.8. The molecule has 0 spiro atoms. The molecule has 1 amide bonds. The summed E-state index contributed by atoms with van der Waals surface area (Å²) in [4.78, 5) is 14.2. The Morgan fingerprint density at radius 2 is 1.85 bits per heavy atom. The van der Waals surface area contributed by atoms with Crippen molar-refractivity contribution < 1.29 is 23.1 Å². The average molecular weight is 363 g/mol. The molecule has 1 unspecified atom stereocenters. The molecule has 0 saturated carbocycles. The van der Waals surface area contributed by atoms with Gasteiger partial charge in [-0.25, -0.2) is 0 Å². The van der Waals surface area contributed by atoms with Gasteiger partial charge >= 0.3 is 6.18 Å². The number of carbonyl (C=O) groups excluding carboxylic acids is 1. The maximum atomic E-state index is 12.8. The lowest BCUT2D eigenvalue weighted by molar-refractivity contribution is -0.138. The molecule has 138 valence electrons. The maximum Gasteiger partial charge on any atom is 0.416 e. The molecule has 1 aliphatic rings. The number of phenols is 1. The fourth-order valence-corrected chi connectivity index (χ4v) is 3.34. The summed E-state index contributed by atoms with van der Waals surface area (Å²) in [6.07, 6.45) is -2.74. The van der Waals surface area contributed by atoms with Crippen molar-refractivity contribution in [2.75, 3.05) is 13.1 Å². The molecule has 2 aromatic rings. The number of halogens is 3. The molecular formula is C20H20F3NO2. The molecule has 2 aromatic carbocycles. The Hall–Kier alpha value is -2.50. The number of amides is 1. The second kappa shape index (κ2) is 7.40. The highest BCUT2D eigenvalue weighted by Crippen LogP contribution is 2.30. The highest BCUT2D eigenvalue weighted by atomic mass is 19.4. The number of nitrogens with zero attached hydrogens (tertiary/aromatic N) is 1. The molecule has 26 heavy (non-hydrogen) atoms. The second-order valence-electron chi connectivity index (χ2n) is 6.74. The zero-order valence-electron chi connectivity index (χ0n) is 14.2. The van der Waals surface area contributed by atoms with Crippen LogP contribution in [0.5, 0.6) is 5.75 Å². The Labute approximate surface area is 150 Å². The Balaban J connectivity index is 1.57. The first kappa shape index (κ1) is 18.3. The fraction of sp³-hybridized carbons (Fsp3) is 0.350. The van der Waals surface area contributed by atoms with Crippen LogP contribution in [0.15, 0.2) is 48.5 Å². The normalized spacial score (nSPS) is 17.5. The van der Waals surface area contributed by atoms with Crippen LogP contribution in [0.3, 0.4) is 0 Å². The van der Waals surface area contributed by atoms with Crippen molar-refractivity contribution in [3.8, 4) is 5.75 Å². The summed E-state index contributed by atoms with van der Waals surface area (Å²) < 4.78 is 38.3. The summed E-state index contributed by atoms with van der Waals surface area (Å²) >= 11 is 0. The van der Waals surface area contributed by atoms with Crippen molar-refractivity contribution in [3.05, 3.63) is 65.2 Å². The molecule has 1 aliphatic heterocycles. The van der Waals surface area contributed by atoms with Crippen LogP contribution in [0.1, 0.15) is 23.1 Å². The van der Waals surface area contributed by atoms with Crippen molar-refractivity contribution >= 4 is 5.91 Å². The summed E-state index contributed by atoms with van der Waals surface area (Å²) in [5.74, 6) is 0.403. The Morgan fingerprint density at radius 1 is 1.12 bits per heavy atom. The van der Waals surface area contributed by atoms with Crippen molar-refractivity contribution in [1.82, 2.24) is 4.90 Å². The third-order valence-corrected chi connectivity index (χ3v) is 4.71. The third kappa shape index (κ3) is 4.56. The standard InChI is InChI=1S/C20H20F3NO2/c21-20(22,23)17-3-1-2-15(11-17)12-19(26)24-9-8-16(13-24)10-14-4-6-18(25)7-5-14/h1-7,11,16,25H,8-10,12-13H2. The first-order chi connectivity index (χ1) is 12.3. The van der Waals surface area contributed by atoms with Gasteiger partial charge in [0.15, 0.2) is 0 Å². The highest BCUT2D eigenvalue weighted by molar-refractivity contribution is 5.79. The van der Waals surface area contributed by atoms with Crippen LogP contribution in [0, 0.1) is 5.92 Å². The zero-order valence-corrected chi connectivity index (χ0v) is 14.2. The van der Waals surface area contributed by atoms with Gasteiger partial charge in [-0.05, 0) is 48.1 Å². The molecule has 1 fully saturated rings. The van der Waals surface area contributed by atoms with Gasteiger partial charge in [0.05, 0.1) is 12.0 Å². The number of carbonyl (C=O) groups is 1. The predicted molar refractivity (Wildman–Crippen MR) is 91.6 cm³/mol. The van der Waals surface area contributed by atoms with Gasteiger partial charge in [-0.2, -0.15) is 13.2 Å². The number of alkyl halides is 3. The van der Waals surface area contributed by atoms with E-state index in [2.05, 4.69) is 0 Å². The SMILES string of the molecule is O=C(Cc1cccc(C(F)(F)F)c1)N1CCC(Cc2ccc(O)cc2)C1. The molecule has 0 aliphatic carbocycles. The van der Waals surface area contributed by atoms with E-state index in [0.29, 0.717) is 24.6 Å². The summed E-state index contributed by atoms with van der Waals surface area (Å²) in [7, 11) is 0. The molecule has 1 saturated heterocycles. The summed E-state index contributed by atoms with van der Waals surface area (Å²) in [5.41, 5.74) is 0.751. The van der Waals surface area contributed by atoms with Gasteiger partial charge in [0.1, 0.15) is 5.75 Å². The van der Waals surface area contributed by atoms with E-state index >= 15 is 0 Å². The smallest absolute Gasteiger partial charge is 0.416 e. The van der Waals surface area contributed by atoms with Gasteiger partial charge in [-0.3, -0.25) is 4.79 Å². The van der Waals surface area contributed by atoms with E-state index in [1.807, 2.05) is 12.1 Å². The fourth-order valence-electron chi connectivity index (χ4n) is 3.34. The van der Waals surface area contributed by atoms with Crippen molar-refractivity contribution in [2.45, 2.75) is 25.4 Å². The lowest BCUT2D eigenvalue weighted by Crippen LogP contribution is -2.30. The lowest BCUT2D eigenvalue weighted by Gasteiger charge is -2.17. The van der Waals surface area contributed by atoms with E-state index in [1.54, 1.807) is 23.1 Å². The van der Waals surface area contributed by atoms with Gasteiger partial charge in [0.2, 0.25) is 5.91 Å². The lowest BCUT2D eigenvalue weighted by atomic mass is 9.99. The van der Waals surface area contributed by atoms with Crippen LogP contribution < -0.4 is 0 Å². The molecule has 1 heterocycles. The van der Waals surface area contributed by atoms with Gasteiger partial charge in [-0.15, -0.1) is 0 Å². The van der Waals surface area contributed by atoms with Crippen molar-refractivity contribution in [2.24, 2.45) is 5.92 Å². The Bertz CT molecular complexity index is 771. The van der Waals surface area contributed by atoms with Gasteiger partial charge in [0, 0.05) is 13.1 Å². The number of benzene rings is 2. The minimum absolute atomic E-state index is 0.0180. The van der Waals surface area contributed by atoms with E-state index in [-0.39, 0.29) is 18.1 Å². The summed E-state index contributed by atoms with van der Waals surface area (Å²) in [6.45, 7) is 1.24. The Kier molecular flexibility index (Phi) is 5.20.